The number of amides is 2. The van der Waals surface area contributed by atoms with Gasteiger partial charge in [-0.2, -0.15) is 0 Å². The zero-order valence-corrected chi connectivity index (χ0v) is 14.3. The molecular weight excluding hydrogens is 314 g/mol. The SMILES string of the molecule is Cc1ccc2c(CCNC(=O)NCc3ccccc3CO)c[nH]c2c1. The first-order valence-electron chi connectivity index (χ1n) is 8.43. The van der Waals surface area contributed by atoms with Crippen molar-refractivity contribution in [3.05, 3.63) is 70.9 Å². The van der Waals surface area contributed by atoms with Crippen LogP contribution in [0.25, 0.3) is 10.9 Å². The molecule has 3 rings (SSSR count). The highest BCUT2D eigenvalue weighted by Gasteiger charge is 2.06. The fourth-order valence-corrected chi connectivity index (χ4v) is 2.94. The van der Waals surface area contributed by atoms with E-state index in [1.165, 1.54) is 16.5 Å². The summed E-state index contributed by atoms with van der Waals surface area (Å²) < 4.78 is 0. The highest BCUT2D eigenvalue weighted by molar-refractivity contribution is 5.83. The molecule has 0 aliphatic carbocycles. The number of carbonyl (C=O) groups is 1. The van der Waals surface area contributed by atoms with Gasteiger partial charge in [-0.05, 0) is 41.7 Å². The number of fused-ring (bicyclic) bond motifs is 1. The van der Waals surface area contributed by atoms with E-state index < -0.39 is 0 Å². The molecule has 0 fully saturated rings. The van der Waals surface area contributed by atoms with Gasteiger partial charge in [0.15, 0.2) is 0 Å². The third kappa shape index (κ3) is 4.19. The molecule has 0 bridgehead atoms. The van der Waals surface area contributed by atoms with Gasteiger partial charge in [0.25, 0.3) is 0 Å². The number of urea groups is 1. The lowest BCUT2D eigenvalue weighted by Crippen LogP contribution is -2.36. The van der Waals surface area contributed by atoms with E-state index in [1.54, 1.807) is 0 Å². The van der Waals surface area contributed by atoms with E-state index in [1.807, 2.05) is 30.5 Å². The van der Waals surface area contributed by atoms with Crippen molar-refractivity contribution in [2.75, 3.05) is 6.54 Å². The average molecular weight is 337 g/mol. The Labute approximate surface area is 147 Å². The number of rotatable bonds is 6. The molecule has 1 aromatic heterocycles. The molecule has 5 nitrogen and oxygen atoms in total. The average Bonchev–Trinajstić information content (AvgIpc) is 3.02. The molecule has 2 aromatic carbocycles. The van der Waals surface area contributed by atoms with Gasteiger partial charge in [-0.1, -0.05) is 36.4 Å². The van der Waals surface area contributed by atoms with Crippen molar-refractivity contribution in [3.63, 3.8) is 0 Å². The van der Waals surface area contributed by atoms with E-state index in [0.717, 1.165) is 23.1 Å². The summed E-state index contributed by atoms with van der Waals surface area (Å²) in [4.78, 5) is 15.2. The van der Waals surface area contributed by atoms with Crippen molar-refractivity contribution in [1.29, 1.82) is 0 Å². The Kier molecular flexibility index (Phi) is 5.36. The molecule has 0 radical (unpaired) electrons. The van der Waals surface area contributed by atoms with E-state index in [9.17, 15) is 9.90 Å². The van der Waals surface area contributed by atoms with Crippen molar-refractivity contribution < 1.29 is 9.90 Å². The number of nitrogens with one attached hydrogen (secondary N) is 3. The van der Waals surface area contributed by atoms with Crippen molar-refractivity contribution in [1.82, 2.24) is 15.6 Å². The van der Waals surface area contributed by atoms with Gasteiger partial charge >= 0.3 is 6.03 Å². The number of aromatic nitrogens is 1. The second-order valence-corrected chi connectivity index (χ2v) is 6.15. The van der Waals surface area contributed by atoms with Gasteiger partial charge < -0.3 is 20.7 Å². The van der Waals surface area contributed by atoms with Crippen LogP contribution in [-0.4, -0.2) is 22.7 Å². The van der Waals surface area contributed by atoms with Crippen LogP contribution >= 0.6 is 0 Å². The summed E-state index contributed by atoms with van der Waals surface area (Å²) >= 11 is 0. The van der Waals surface area contributed by atoms with Crippen LogP contribution < -0.4 is 10.6 Å². The number of aryl methyl sites for hydroxylation is 1. The summed E-state index contributed by atoms with van der Waals surface area (Å²) in [6, 6.07) is 13.7. The topological polar surface area (TPSA) is 77.2 Å². The maximum absolute atomic E-state index is 12.0. The summed E-state index contributed by atoms with van der Waals surface area (Å²) in [6.07, 6.45) is 2.77. The Morgan fingerprint density at radius 2 is 1.88 bits per heavy atom. The smallest absolute Gasteiger partial charge is 0.315 e. The molecule has 0 aliphatic heterocycles. The number of carbonyl (C=O) groups excluding carboxylic acids is 1. The summed E-state index contributed by atoms with van der Waals surface area (Å²) in [7, 11) is 0. The van der Waals surface area contributed by atoms with Crippen LogP contribution in [0.4, 0.5) is 4.79 Å². The summed E-state index contributed by atoms with van der Waals surface area (Å²) in [5.41, 5.74) is 5.30. The third-order valence-corrected chi connectivity index (χ3v) is 4.33. The first-order valence-corrected chi connectivity index (χ1v) is 8.43. The number of aliphatic hydroxyl groups excluding tert-OH is 1. The number of benzene rings is 2. The quantitative estimate of drug-likeness (QED) is 0.558. The van der Waals surface area contributed by atoms with Gasteiger partial charge in [-0.25, -0.2) is 4.79 Å². The summed E-state index contributed by atoms with van der Waals surface area (Å²) in [6.45, 7) is 3.00. The molecule has 0 spiro atoms. The van der Waals surface area contributed by atoms with Crippen molar-refractivity contribution in [2.45, 2.75) is 26.5 Å². The Morgan fingerprint density at radius 1 is 1.08 bits per heavy atom. The molecular formula is C20H23N3O2. The normalized spacial score (nSPS) is 10.8. The Morgan fingerprint density at radius 3 is 2.68 bits per heavy atom. The summed E-state index contributed by atoms with van der Waals surface area (Å²) in [5.74, 6) is 0. The Hall–Kier alpha value is -2.79. The predicted octanol–water partition coefficient (Wildman–Crippen LogP) is 3.01. The van der Waals surface area contributed by atoms with Crippen molar-refractivity contribution in [3.8, 4) is 0 Å². The van der Waals surface area contributed by atoms with Crippen LogP contribution in [0.3, 0.4) is 0 Å². The maximum Gasteiger partial charge on any atom is 0.315 e. The molecule has 0 unspecified atom stereocenters. The molecule has 5 heteroatoms. The zero-order chi connectivity index (χ0) is 17.6. The van der Waals surface area contributed by atoms with Crippen LogP contribution in [-0.2, 0) is 19.6 Å². The minimum Gasteiger partial charge on any atom is -0.392 e. The van der Waals surface area contributed by atoms with Gasteiger partial charge in [-0.15, -0.1) is 0 Å². The van der Waals surface area contributed by atoms with E-state index in [-0.39, 0.29) is 12.6 Å². The zero-order valence-electron chi connectivity index (χ0n) is 14.3. The van der Waals surface area contributed by atoms with Gasteiger partial charge in [0, 0.05) is 30.2 Å². The largest absolute Gasteiger partial charge is 0.392 e. The molecule has 0 saturated carbocycles. The first-order chi connectivity index (χ1) is 12.2. The van der Waals surface area contributed by atoms with E-state index in [0.29, 0.717) is 13.1 Å². The van der Waals surface area contributed by atoms with Gasteiger partial charge in [-0.3, -0.25) is 0 Å². The molecule has 0 atom stereocenters. The summed E-state index contributed by atoms with van der Waals surface area (Å²) in [5, 5.41) is 16.2. The van der Waals surface area contributed by atoms with Crippen LogP contribution in [0.15, 0.2) is 48.7 Å². The second-order valence-electron chi connectivity index (χ2n) is 6.15. The molecule has 25 heavy (non-hydrogen) atoms. The number of hydrogen-bond acceptors (Lipinski definition) is 2. The minimum atomic E-state index is -0.205. The number of hydrogen-bond donors (Lipinski definition) is 4. The van der Waals surface area contributed by atoms with Gasteiger partial charge in [0.2, 0.25) is 0 Å². The van der Waals surface area contributed by atoms with Crippen LogP contribution in [0.2, 0.25) is 0 Å². The van der Waals surface area contributed by atoms with E-state index in [4.69, 9.17) is 0 Å². The molecule has 3 aromatic rings. The van der Waals surface area contributed by atoms with Crippen molar-refractivity contribution in [2.24, 2.45) is 0 Å². The van der Waals surface area contributed by atoms with Gasteiger partial charge in [0.1, 0.15) is 0 Å². The number of H-pyrrole nitrogens is 1. The molecule has 1 heterocycles. The number of aromatic amines is 1. The lowest BCUT2D eigenvalue weighted by molar-refractivity contribution is 0.240. The highest BCUT2D eigenvalue weighted by Crippen LogP contribution is 2.19. The molecule has 2 amide bonds. The number of aliphatic hydroxyl groups is 1. The third-order valence-electron chi connectivity index (χ3n) is 4.33. The van der Waals surface area contributed by atoms with E-state index >= 15 is 0 Å². The Balaban J connectivity index is 1.49. The minimum absolute atomic E-state index is 0.0283. The van der Waals surface area contributed by atoms with E-state index in [2.05, 4.69) is 40.7 Å². The molecule has 130 valence electrons. The molecule has 4 N–H and O–H groups in total. The van der Waals surface area contributed by atoms with Crippen LogP contribution in [0.1, 0.15) is 22.3 Å². The lowest BCUT2D eigenvalue weighted by Gasteiger charge is -2.10. The molecule has 0 saturated heterocycles. The van der Waals surface area contributed by atoms with Crippen LogP contribution in [0, 0.1) is 6.92 Å². The first kappa shape index (κ1) is 17.0. The van der Waals surface area contributed by atoms with Crippen molar-refractivity contribution >= 4 is 16.9 Å². The van der Waals surface area contributed by atoms with Crippen LogP contribution in [0.5, 0.6) is 0 Å². The standard InChI is InChI=1S/C20H23N3O2/c1-14-6-7-18-16(12-22-19(18)10-14)8-9-21-20(25)23-11-15-4-2-3-5-17(15)13-24/h2-7,10,12,22,24H,8-9,11,13H2,1H3,(H2,21,23,25). The fraction of sp³-hybridized carbons (Fsp3) is 0.250. The predicted molar refractivity (Wildman–Crippen MR) is 99.3 cm³/mol. The fourth-order valence-electron chi connectivity index (χ4n) is 2.94. The monoisotopic (exact) mass is 337 g/mol. The lowest BCUT2D eigenvalue weighted by atomic mass is 10.1. The maximum atomic E-state index is 12.0. The Bertz CT molecular complexity index is 870. The van der Waals surface area contributed by atoms with Gasteiger partial charge in [0.05, 0.1) is 6.61 Å². The highest BCUT2D eigenvalue weighted by atomic mass is 16.3. The molecule has 0 aliphatic rings. The second kappa shape index (κ2) is 7.85.